The van der Waals surface area contributed by atoms with Crippen LogP contribution in [0.4, 0.5) is 5.69 Å². The molecule has 5 heteroatoms. The van der Waals surface area contributed by atoms with E-state index in [1.165, 1.54) is 7.11 Å². The van der Waals surface area contributed by atoms with Gasteiger partial charge in [-0.25, -0.2) is 4.79 Å². The molecule has 2 aromatic rings. The average Bonchev–Trinajstić information content (AvgIpc) is 2.47. The Balaban J connectivity index is 2.14. The van der Waals surface area contributed by atoms with Crippen LogP contribution < -0.4 is 20.6 Å². The fraction of sp³-hybridized carbons (Fsp3) is 0.357. The number of hydrogen-bond acceptors (Lipinski definition) is 5. The number of nitrogens with zero attached hydrogens (tertiary/aromatic N) is 1. The first-order chi connectivity index (χ1) is 9.29. The van der Waals surface area contributed by atoms with Gasteiger partial charge in [-0.2, -0.15) is 0 Å². The first-order valence-corrected chi connectivity index (χ1v) is 6.36. The molecule has 0 atom stereocenters. The fourth-order valence-corrected chi connectivity index (χ4v) is 2.41. The summed E-state index contributed by atoms with van der Waals surface area (Å²) in [5.41, 5.74) is 1.17. The summed E-state index contributed by atoms with van der Waals surface area (Å²) in [5.74, 6) is 0.241. The summed E-state index contributed by atoms with van der Waals surface area (Å²) >= 11 is 0. The second-order valence-corrected chi connectivity index (χ2v) is 4.53. The van der Waals surface area contributed by atoms with Crippen molar-refractivity contribution >= 4 is 16.7 Å². The predicted molar refractivity (Wildman–Crippen MR) is 74.1 cm³/mol. The Morgan fingerprint density at radius 1 is 1.32 bits per heavy atom. The number of fused-ring (bicyclic) bond motifs is 1. The number of methoxy groups -OCH3 is 1. The Hall–Kier alpha value is -2.01. The molecule has 1 fully saturated rings. The molecule has 0 aliphatic carbocycles. The van der Waals surface area contributed by atoms with Gasteiger partial charge in [0.2, 0.25) is 5.75 Å². The smallest absolute Gasteiger partial charge is 0.379 e. The van der Waals surface area contributed by atoms with Crippen LogP contribution in [0, 0.1) is 0 Å². The Bertz CT molecular complexity index is 645. The van der Waals surface area contributed by atoms with Crippen LogP contribution in [-0.4, -0.2) is 33.3 Å². The lowest BCUT2D eigenvalue weighted by molar-refractivity contribution is 0.385. The molecule has 0 amide bonds. The molecular weight excluding hydrogens is 244 g/mol. The largest absolute Gasteiger partial charge is 0.490 e. The minimum absolute atomic E-state index is 0.241. The molecule has 5 nitrogen and oxygen atoms in total. The summed E-state index contributed by atoms with van der Waals surface area (Å²) < 4.78 is 10.4. The molecule has 1 saturated heterocycles. The number of ether oxygens (including phenoxy) is 1. The number of hydrogen-bond donors (Lipinski definition) is 1. The monoisotopic (exact) mass is 260 g/mol. The van der Waals surface area contributed by atoms with Gasteiger partial charge in [-0.05, 0) is 12.1 Å². The fourth-order valence-electron chi connectivity index (χ4n) is 2.41. The first-order valence-electron chi connectivity index (χ1n) is 6.36. The van der Waals surface area contributed by atoms with Gasteiger partial charge in [0, 0.05) is 31.6 Å². The van der Waals surface area contributed by atoms with E-state index in [-0.39, 0.29) is 5.75 Å². The maximum atomic E-state index is 11.8. The molecule has 100 valence electrons. The summed E-state index contributed by atoms with van der Waals surface area (Å²) in [6.45, 7) is 3.71. The van der Waals surface area contributed by atoms with E-state index < -0.39 is 5.63 Å². The molecule has 1 aromatic carbocycles. The molecule has 0 bridgehead atoms. The third-order valence-electron chi connectivity index (χ3n) is 3.38. The summed E-state index contributed by atoms with van der Waals surface area (Å²) in [7, 11) is 1.47. The van der Waals surface area contributed by atoms with E-state index in [4.69, 9.17) is 9.15 Å². The maximum absolute atomic E-state index is 11.8. The zero-order chi connectivity index (χ0) is 13.2. The Kier molecular flexibility index (Phi) is 3.13. The number of anilines is 1. The number of nitrogens with one attached hydrogen (secondary N) is 1. The SMILES string of the molecule is COc1cc2cccc(N3CCNCC3)c2oc1=O. The standard InChI is InChI=1S/C14H16N2O3/c1-18-12-9-10-3-2-4-11(13(10)19-14(12)17)16-7-5-15-6-8-16/h2-4,9,15H,5-8H2,1H3. The Morgan fingerprint density at radius 2 is 2.11 bits per heavy atom. The van der Waals surface area contributed by atoms with E-state index >= 15 is 0 Å². The number of para-hydroxylation sites is 1. The van der Waals surface area contributed by atoms with Gasteiger partial charge >= 0.3 is 5.63 Å². The van der Waals surface area contributed by atoms with Crippen molar-refractivity contribution in [1.29, 1.82) is 0 Å². The number of rotatable bonds is 2. The van der Waals surface area contributed by atoms with Gasteiger partial charge in [0.15, 0.2) is 5.58 Å². The van der Waals surface area contributed by atoms with Crippen LogP contribution in [0.15, 0.2) is 33.5 Å². The van der Waals surface area contributed by atoms with Crippen molar-refractivity contribution in [2.45, 2.75) is 0 Å². The highest BCUT2D eigenvalue weighted by atomic mass is 16.5. The van der Waals surface area contributed by atoms with Crippen molar-refractivity contribution in [3.8, 4) is 5.75 Å². The van der Waals surface area contributed by atoms with Gasteiger partial charge in [0.1, 0.15) is 0 Å². The summed E-state index contributed by atoms with van der Waals surface area (Å²) in [5, 5.41) is 4.19. The Labute approximate surface area is 110 Å². The van der Waals surface area contributed by atoms with Gasteiger partial charge < -0.3 is 19.4 Å². The van der Waals surface area contributed by atoms with Crippen molar-refractivity contribution in [2.24, 2.45) is 0 Å². The van der Waals surface area contributed by atoms with Crippen molar-refractivity contribution < 1.29 is 9.15 Å². The van der Waals surface area contributed by atoms with Gasteiger partial charge in [0.05, 0.1) is 12.8 Å². The van der Waals surface area contributed by atoms with Gasteiger partial charge in [-0.1, -0.05) is 12.1 Å². The molecule has 1 aliphatic heterocycles. The van der Waals surface area contributed by atoms with E-state index in [2.05, 4.69) is 10.2 Å². The van der Waals surface area contributed by atoms with Crippen molar-refractivity contribution in [2.75, 3.05) is 38.2 Å². The van der Waals surface area contributed by atoms with Crippen LogP contribution in [-0.2, 0) is 0 Å². The number of piperazine rings is 1. The van der Waals surface area contributed by atoms with Crippen molar-refractivity contribution in [3.05, 3.63) is 34.7 Å². The summed E-state index contributed by atoms with van der Waals surface area (Å²) in [6.07, 6.45) is 0. The lowest BCUT2D eigenvalue weighted by Crippen LogP contribution is -2.43. The zero-order valence-electron chi connectivity index (χ0n) is 10.8. The van der Waals surface area contributed by atoms with Crippen molar-refractivity contribution in [3.63, 3.8) is 0 Å². The molecule has 1 aliphatic rings. The molecule has 2 heterocycles. The minimum atomic E-state index is -0.433. The lowest BCUT2D eigenvalue weighted by Gasteiger charge is -2.29. The second-order valence-electron chi connectivity index (χ2n) is 4.53. The maximum Gasteiger partial charge on any atom is 0.379 e. The minimum Gasteiger partial charge on any atom is -0.490 e. The van der Waals surface area contributed by atoms with E-state index in [0.29, 0.717) is 5.58 Å². The molecule has 1 N–H and O–H groups in total. The highest BCUT2D eigenvalue weighted by molar-refractivity contribution is 5.89. The summed E-state index contributed by atoms with van der Waals surface area (Å²) in [4.78, 5) is 14.0. The molecule has 0 unspecified atom stereocenters. The number of benzene rings is 1. The first kappa shape index (κ1) is 12.0. The molecular formula is C14H16N2O3. The molecule has 19 heavy (non-hydrogen) atoms. The van der Waals surface area contributed by atoms with Crippen LogP contribution >= 0.6 is 0 Å². The highest BCUT2D eigenvalue weighted by Crippen LogP contribution is 2.27. The average molecular weight is 260 g/mol. The normalized spacial score (nSPS) is 15.7. The Morgan fingerprint density at radius 3 is 2.84 bits per heavy atom. The molecule has 1 aromatic heterocycles. The van der Waals surface area contributed by atoms with Gasteiger partial charge in [-0.15, -0.1) is 0 Å². The third kappa shape index (κ3) is 2.17. The lowest BCUT2D eigenvalue weighted by atomic mass is 10.2. The van der Waals surface area contributed by atoms with E-state index in [1.54, 1.807) is 6.07 Å². The molecule has 0 spiro atoms. The summed E-state index contributed by atoms with van der Waals surface area (Å²) in [6, 6.07) is 7.61. The van der Waals surface area contributed by atoms with Crippen molar-refractivity contribution in [1.82, 2.24) is 5.32 Å². The van der Waals surface area contributed by atoms with Crippen LogP contribution in [0.2, 0.25) is 0 Å². The quantitative estimate of drug-likeness (QED) is 0.823. The third-order valence-corrected chi connectivity index (χ3v) is 3.38. The zero-order valence-corrected chi connectivity index (χ0v) is 10.8. The highest BCUT2D eigenvalue weighted by Gasteiger charge is 2.16. The topological polar surface area (TPSA) is 54.7 Å². The van der Waals surface area contributed by atoms with Crippen LogP contribution in [0.1, 0.15) is 0 Å². The molecule has 3 rings (SSSR count). The van der Waals surface area contributed by atoms with E-state index in [0.717, 1.165) is 37.3 Å². The second kappa shape index (κ2) is 4.93. The van der Waals surface area contributed by atoms with E-state index in [1.807, 2.05) is 18.2 Å². The van der Waals surface area contributed by atoms with Crippen LogP contribution in [0.3, 0.4) is 0 Å². The predicted octanol–water partition coefficient (Wildman–Crippen LogP) is 1.21. The molecule has 0 saturated carbocycles. The van der Waals surface area contributed by atoms with Crippen LogP contribution in [0.25, 0.3) is 11.0 Å². The van der Waals surface area contributed by atoms with Gasteiger partial charge in [0.25, 0.3) is 0 Å². The van der Waals surface area contributed by atoms with E-state index in [9.17, 15) is 4.79 Å². The van der Waals surface area contributed by atoms with Gasteiger partial charge in [-0.3, -0.25) is 0 Å². The van der Waals surface area contributed by atoms with Crippen LogP contribution in [0.5, 0.6) is 5.75 Å². The molecule has 0 radical (unpaired) electrons.